The summed E-state index contributed by atoms with van der Waals surface area (Å²) in [6.45, 7) is 0. The minimum atomic E-state index is -0.248. The second-order valence-electron chi connectivity index (χ2n) is 7.27. The number of nitriles is 1. The summed E-state index contributed by atoms with van der Waals surface area (Å²) in [5.41, 5.74) is 1.67. The third-order valence-corrected chi connectivity index (χ3v) is 5.14. The largest absolute Gasteiger partial charge is 0.457 e. The molecule has 146 valence electrons. The molecule has 6 nitrogen and oxygen atoms in total. The van der Waals surface area contributed by atoms with Crippen LogP contribution >= 0.6 is 0 Å². The number of nitrogens with one attached hydrogen (secondary N) is 1. The average Bonchev–Trinajstić information content (AvgIpc) is 2.75. The molecule has 0 atom stereocenters. The summed E-state index contributed by atoms with van der Waals surface area (Å²) < 4.78 is 5.84. The number of carbonyl (C=O) groups excluding carboxylic acids is 1. The van der Waals surface area contributed by atoms with Gasteiger partial charge in [-0.05, 0) is 74.2 Å². The first-order chi connectivity index (χ1) is 14.1. The van der Waals surface area contributed by atoms with E-state index in [1.165, 1.54) is 0 Å². The van der Waals surface area contributed by atoms with E-state index in [0.717, 1.165) is 31.1 Å². The van der Waals surface area contributed by atoms with Crippen LogP contribution in [0.3, 0.4) is 0 Å². The zero-order valence-corrected chi connectivity index (χ0v) is 15.8. The number of aliphatic hydroxyl groups excluding tert-OH is 1. The summed E-state index contributed by atoms with van der Waals surface area (Å²) in [4.78, 5) is 17.0. The van der Waals surface area contributed by atoms with Crippen LogP contribution in [-0.4, -0.2) is 28.1 Å². The lowest BCUT2D eigenvalue weighted by Crippen LogP contribution is -2.38. The molecular weight excluding hydrogens is 366 g/mol. The van der Waals surface area contributed by atoms with Crippen LogP contribution in [0.25, 0.3) is 10.9 Å². The molecule has 0 saturated heterocycles. The van der Waals surface area contributed by atoms with Crippen LogP contribution in [0.15, 0.2) is 54.6 Å². The van der Waals surface area contributed by atoms with Crippen molar-refractivity contribution in [3.8, 4) is 17.6 Å². The van der Waals surface area contributed by atoms with Gasteiger partial charge in [0.1, 0.15) is 17.2 Å². The fourth-order valence-corrected chi connectivity index (χ4v) is 3.51. The van der Waals surface area contributed by atoms with Crippen LogP contribution in [0.4, 0.5) is 0 Å². The van der Waals surface area contributed by atoms with Gasteiger partial charge >= 0.3 is 0 Å². The first-order valence-corrected chi connectivity index (χ1v) is 9.68. The van der Waals surface area contributed by atoms with E-state index in [1.807, 2.05) is 18.2 Å². The first kappa shape index (κ1) is 18.9. The van der Waals surface area contributed by atoms with Crippen LogP contribution in [0, 0.1) is 11.3 Å². The van der Waals surface area contributed by atoms with E-state index < -0.39 is 0 Å². The fourth-order valence-electron chi connectivity index (χ4n) is 3.51. The van der Waals surface area contributed by atoms with Gasteiger partial charge in [0.15, 0.2) is 0 Å². The zero-order chi connectivity index (χ0) is 20.2. The molecule has 2 N–H and O–H groups in total. The Bertz CT molecular complexity index is 1060. The number of hydrogen-bond donors (Lipinski definition) is 2. The average molecular weight is 387 g/mol. The molecule has 0 unspecified atom stereocenters. The molecule has 0 aliphatic heterocycles. The Morgan fingerprint density at radius 1 is 1.03 bits per heavy atom. The number of pyridine rings is 1. The Hall–Kier alpha value is -3.43. The van der Waals surface area contributed by atoms with Crippen molar-refractivity contribution in [3.63, 3.8) is 0 Å². The lowest BCUT2D eigenvalue weighted by Gasteiger charge is -2.26. The molecule has 29 heavy (non-hydrogen) atoms. The minimum Gasteiger partial charge on any atom is -0.457 e. The van der Waals surface area contributed by atoms with Crippen LogP contribution in [-0.2, 0) is 0 Å². The number of rotatable bonds is 4. The lowest BCUT2D eigenvalue weighted by molar-refractivity contribution is 0.0863. The second-order valence-corrected chi connectivity index (χ2v) is 7.27. The predicted octanol–water partition coefficient (Wildman–Crippen LogP) is 3.93. The molecule has 6 heteroatoms. The van der Waals surface area contributed by atoms with Gasteiger partial charge in [-0.2, -0.15) is 5.26 Å². The lowest BCUT2D eigenvalue weighted by atomic mass is 9.93. The van der Waals surface area contributed by atoms with Crippen molar-refractivity contribution < 1.29 is 14.6 Å². The normalized spacial score (nSPS) is 18.8. The summed E-state index contributed by atoms with van der Waals surface area (Å²) >= 11 is 0. The van der Waals surface area contributed by atoms with E-state index in [9.17, 15) is 9.90 Å². The SMILES string of the molecule is N#Cc1ccc(Oc2ccc3nc(C(=O)N[C@H]4CC[C@H](O)CC4)ccc3c2)cc1. The molecular formula is C23H21N3O3. The molecule has 3 aromatic rings. The topological polar surface area (TPSA) is 95.2 Å². The summed E-state index contributed by atoms with van der Waals surface area (Å²) in [5, 5.41) is 22.3. The highest BCUT2D eigenvalue weighted by Gasteiger charge is 2.21. The number of ether oxygens (including phenoxy) is 1. The molecule has 1 saturated carbocycles. The van der Waals surface area contributed by atoms with Crippen molar-refractivity contribution >= 4 is 16.8 Å². The van der Waals surface area contributed by atoms with E-state index in [0.29, 0.717) is 28.3 Å². The maximum Gasteiger partial charge on any atom is 0.270 e. The monoisotopic (exact) mass is 387 g/mol. The van der Waals surface area contributed by atoms with Crippen LogP contribution in [0.2, 0.25) is 0 Å². The van der Waals surface area contributed by atoms with Gasteiger partial charge in [-0.25, -0.2) is 4.98 Å². The predicted molar refractivity (Wildman–Crippen MR) is 109 cm³/mol. The number of nitrogens with zero attached hydrogens (tertiary/aromatic N) is 2. The van der Waals surface area contributed by atoms with Gasteiger partial charge in [0.25, 0.3) is 5.91 Å². The number of amides is 1. The van der Waals surface area contributed by atoms with Crippen molar-refractivity contribution in [1.82, 2.24) is 10.3 Å². The van der Waals surface area contributed by atoms with Crippen LogP contribution in [0.5, 0.6) is 11.5 Å². The van der Waals surface area contributed by atoms with E-state index >= 15 is 0 Å². The Labute approximate surface area is 168 Å². The zero-order valence-electron chi connectivity index (χ0n) is 15.8. The molecule has 1 heterocycles. The molecule has 2 aromatic carbocycles. The van der Waals surface area contributed by atoms with Gasteiger partial charge in [-0.15, -0.1) is 0 Å². The second kappa shape index (κ2) is 8.29. The number of hydrogen-bond acceptors (Lipinski definition) is 5. The van der Waals surface area contributed by atoms with Crippen LogP contribution < -0.4 is 10.1 Å². The molecule has 1 aliphatic rings. The van der Waals surface area contributed by atoms with E-state index in [1.54, 1.807) is 36.4 Å². The quantitative estimate of drug-likeness (QED) is 0.707. The van der Waals surface area contributed by atoms with E-state index in [-0.39, 0.29) is 18.1 Å². The summed E-state index contributed by atoms with van der Waals surface area (Å²) in [7, 11) is 0. The molecule has 0 spiro atoms. The van der Waals surface area contributed by atoms with Crippen molar-refractivity contribution in [2.24, 2.45) is 0 Å². The van der Waals surface area contributed by atoms with Gasteiger partial charge in [-0.3, -0.25) is 4.79 Å². The minimum absolute atomic E-state index is 0.0894. The van der Waals surface area contributed by atoms with Crippen molar-refractivity contribution in [2.45, 2.75) is 37.8 Å². The molecule has 0 bridgehead atoms. The first-order valence-electron chi connectivity index (χ1n) is 9.68. The summed E-state index contributed by atoms with van der Waals surface area (Å²) in [6, 6.07) is 18.1. The Morgan fingerprint density at radius 2 is 1.76 bits per heavy atom. The van der Waals surface area contributed by atoms with Gasteiger partial charge in [0, 0.05) is 11.4 Å². The number of benzene rings is 2. The van der Waals surface area contributed by atoms with Crippen molar-refractivity contribution in [2.75, 3.05) is 0 Å². The molecule has 0 radical (unpaired) electrons. The number of fused-ring (bicyclic) bond motifs is 1. The van der Waals surface area contributed by atoms with Gasteiger partial charge < -0.3 is 15.2 Å². The van der Waals surface area contributed by atoms with Gasteiger partial charge in [0.05, 0.1) is 23.3 Å². The highest BCUT2D eigenvalue weighted by atomic mass is 16.5. The highest BCUT2D eigenvalue weighted by molar-refractivity contribution is 5.95. The van der Waals surface area contributed by atoms with E-state index in [2.05, 4.69) is 16.4 Å². The summed E-state index contributed by atoms with van der Waals surface area (Å²) in [6.07, 6.45) is 2.77. The smallest absolute Gasteiger partial charge is 0.270 e. The molecule has 1 amide bonds. The van der Waals surface area contributed by atoms with Crippen molar-refractivity contribution in [3.05, 3.63) is 65.9 Å². The van der Waals surface area contributed by atoms with Crippen LogP contribution in [0.1, 0.15) is 41.7 Å². The maximum atomic E-state index is 12.5. The number of aromatic nitrogens is 1. The highest BCUT2D eigenvalue weighted by Crippen LogP contribution is 2.26. The Kier molecular flexibility index (Phi) is 5.41. The van der Waals surface area contributed by atoms with Gasteiger partial charge in [0.2, 0.25) is 0 Å². The molecule has 1 aromatic heterocycles. The number of aliphatic hydroxyl groups is 1. The summed E-state index contributed by atoms with van der Waals surface area (Å²) in [5.74, 6) is 1.11. The fraction of sp³-hybridized carbons (Fsp3) is 0.261. The van der Waals surface area contributed by atoms with Crippen molar-refractivity contribution in [1.29, 1.82) is 5.26 Å². The van der Waals surface area contributed by atoms with E-state index in [4.69, 9.17) is 10.00 Å². The molecule has 1 fully saturated rings. The third kappa shape index (κ3) is 4.53. The molecule has 1 aliphatic carbocycles. The standard InChI is InChI=1S/C23H21N3O3/c24-14-15-1-8-19(9-2-15)29-20-10-12-21-16(13-20)3-11-22(26-21)23(28)25-17-4-6-18(27)7-5-17/h1-3,8-13,17-18,27H,4-7H2,(H,25,28)/t17-,18-. The Morgan fingerprint density at radius 3 is 2.48 bits per heavy atom. The van der Waals surface area contributed by atoms with Gasteiger partial charge in [-0.1, -0.05) is 6.07 Å². The Balaban J connectivity index is 1.46. The molecule has 4 rings (SSSR count). The number of carbonyl (C=O) groups is 1. The third-order valence-electron chi connectivity index (χ3n) is 5.14. The maximum absolute atomic E-state index is 12.5.